The number of nitrogens with one attached hydrogen (secondary N) is 2. The third kappa shape index (κ3) is 4.21. The second-order valence-corrected chi connectivity index (χ2v) is 7.03. The summed E-state index contributed by atoms with van der Waals surface area (Å²) in [5.74, 6) is 0.324. The number of H-pyrrole nitrogens is 1. The maximum atomic E-state index is 11.7. The van der Waals surface area contributed by atoms with Crippen LogP contribution >= 0.6 is 27.7 Å². The van der Waals surface area contributed by atoms with E-state index in [1.165, 1.54) is 11.8 Å². The minimum Gasteiger partial charge on any atom is -0.351 e. The number of hydrogen-bond acceptors (Lipinski definition) is 4. The van der Waals surface area contributed by atoms with Crippen LogP contribution in [0.3, 0.4) is 0 Å². The summed E-state index contributed by atoms with van der Waals surface area (Å²) < 4.78 is 0.894. The molecule has 2 N–H and O–H groups in total. The van der Waals surface area contributed by atoms with E-state index in [0.717, 1.165) is 9.99 Å². The molecule has 0 aliphatic carbocycles. The number of thioether (sulfide) groups is 1. The molecule has 0 fully saturated rings. The molecule has 19 heavy (non-hydrogen) atoms. The van der Waals surface area contributed by atoms with Crippen molar-refractivity contribution in [2.75, 3.05) is 5.75 Å². The molecule has 2 heterocycles. The van der Waals surface area contributed by atoms with Crippen LogP contribution in [0.5, 0.6) is 0 Å². The van der Waals surface area contributed by atoms with Crippen LogP contribution in [-0.4, -0.2) is 32.2 Å². The lowest BCUT2D eigenvalue weighted by atomic mass is 10.1. The summed E-state index contributed by atoms with van der Waals surface area (Å²) in [6.07, 6.45) is 1.70. The zero-order valence-electron chi connectivity index (χ0n) is 11.0. The third-order valence-corrected chi connectivity index (χ3v) is 3.44. The Morgan fingerprint density at radius 2 is 2.26 bits per heavy atom. The van der Waals surface area contributed by atoms with Crippen LogP contribution in [0, 0.1) is 0 Å². The van der Waals surface area contributed by atoms with Gasteiger partial charge in [-0.15, -0.1) is 0 Å². The smallest absolute Gasteiger partial charge is 0.230 e. The average molecular weight is 343 g/mol. The second-order valence-electron chi connectivity index (χ2n) is 5.15. The molecule has 102 valence electrons. The van der Waals surface area contributed by atoms with Crippen molar-refractivity contribution in [2.24, 2.45) is 0 Å². The Balaban J connectivity index is 2.00. The maximum absolute atomic E-state index is 11.7. The van der Waals surface area contributed by atoms with E-state index in [1.807, 2.05) is 26.8 Å². The van der Waals surface area contributed by atoms with Gasteiger partial charge in [0.15, 0.2) is 10.8 Å². The first-order valence-electron chi connectivity index (χ1n) is 5.78. The summed E-state index contributed by atoms with van der Waals surface area (Å²) in [5.41, 5.74) is 1.30. The van der Waals surface area contributed by atoms with E-state index in [0.29, 0.717) is 16.6 Å². The molecule has 0 atom stereocenters. The Morgan fingerprint density at radius 3 is 2.95 bits per heavy atom. The Labute approximate surface area is 124 Å². The number of rotatable bonds is 3. The van der Waals surface area contributed by atoms with Gasteiger partial charge in [0.05, 0.1) is 11.3 Å². The van der Waals surface area contributed by atoms with Gasteiger partial charge in [-0.25, -0.2) is 9.97 Å². The molecule has 2 aromatic heterocycles. The van der Waals surface area contributed by atoms with E-state index in [2.05, 4.69) is 36.2 Å². The predicted octanol–water partition coefficient (Wildman–Crippen LogP) is 2.73. The van der Waals surface area contributed by atoms with Gasteiger partial charge in [0.25, 0.3) is 0 Å². The fourth-order valence-corrected chi connectivity index (χ4v) is 2.51. The summed E-state index contributed by atoms with van der Waals surface area (Å²) >= 11 is 4.72. The van der Waals surface area contributed by atoms with E-state index >= 15 is 0 Å². The summed E-state index contributed by atoms with van der Waals surface area (Å²) in [5, 5.41) is 3.61. The molecule has 7 heteroatoms. The summed E-state index contributed by atoms with van der Waals surface area (Å²) in [6, 6.07) is 1.91. The van der Waals surface area contributed by atoms with Gasteiger partial charge < -0.3 is 10.3 Å². The van der Waals surface area contributed by atoms with Gasteiger partial charge in [-0.05, 0) is 42.8 Å². The Morgan fingerprint density at radius 1 is 1.53 bits per heavy atom. The van der Waals surface area contributed by atoms with Crippen molar-refractivity contribution >= 4 is 44.8 Å². The Kier molecular flexibility index (Phi) is 4.15. The predicted molar refractivity (Wildman–Crippen MR) is 80.2 cm³/mol. The zero-order chi connectivity index (χ0) is 14.0. The number of hydrogen-bond donors (Lipinski definition) is 2. The van der Waals surface area contributed by atoms with Crippen LogP contribution in [0.4, 0.5) is 0 Å². The molecule has 2 aromatic rings. The van der Waals surface area contributed by atoms with Gasteiger partial charge in [0.1, 0.15) is 0 Å². The van der Waals surface area contributed by atoms with Crippen LogP contribution in [0.15, 0.2) is 21.9 Å². The molecular weight excluding hydrogens is 328 g/mol. The topological polar surface area (TPSA) is 70.7 Å². The molecule has 0 saturated carbocycles. The van der Waals surface area contributed by atoms with Gasteiger partial charge in [0, 0.05) is 16.2 Å². The number of fused-ring (bicyclic) bond motifs is 1. The van der Waals surface area contributed by atoms with E-state index in [4.69, 9.17) is 0 Å². The summed E-state index contributed by atoms with van der Waals surface area (Å²) in [4.78, 5) is 23.3. The van der Waals surface area contributed by atoms with Crippen LogP contribution in [0.1, 0.15) is 20.8 Å². The Bertz CT molecular complexity index is 605. The molecule has 0 aliphatic heterocycles. The SMILES string of the molecule is CC(C)(C)NC(=O)CSc1nc2ncc(Br)cc2[nH]1. The highest BCUT2D eigenvalue weighted by Crippen LogP contribution is 2.20. The van der Waals surface area contributed by atoms with Crippen LogP contribution in [0.2, 0.25) is 0 Å². The van der Waals surface area contributed by atoms with Crippen molar-refractivity contribution in [1.82, 2.24) is 20.3 Å². The number of aromatic nitrogens is 3. The first-order chi connectivity index (χ1) is 8.83. The van der Waals surface area contributed by atoms with Gasteiger partial charge >= 0.3 is 0 Å². The highest BCUT2D eigenvalue weighted by atomic mass is 79.9. The van der Waals surface area contributed by atoms with Gasteiger partial charge in [0.2, 0.25) is 5.91 Å². The van der Waals surface area contributed by atoms with Crippen molar-refractivity contribution in [1.29, 1.82) is 0 Å². The van der Waals surface area contributed by atoms with Crippen molar-refractivity contribution in [2.45, 2.75) is 31.5 Å². The van der Waals surface area contributed by atoms with Gasteiger partial charge in [-0.3, -0.25) is 4.79 Å². The Hall–Kier alpha value is -1.08. The number of carbonyl (C=O) groups is 1. The van der Waals surface area contributed by atoms with Crippen molar-refractivity contribution in [3.05, 3.63) is 16.7 Å². The molecule has 1 amide bonds. The first-order valence-corrected chi connectivity index (χ1v) is 7.56. The standard InChI is InChI=1S/C12H15BrN4OS/c1-12(2,3)17-9(18)6-19-11-15-8-4-7(13)5-14-10(8)16-11/h4-5H,6H2,1-3H3,(H,17,18)(H,14,15,16). The number of nitrogens with zero attached hydrogens (tertiary/aromatic N) is 2. The molecule has 0 saturated heterocycles. The molecule has 0 spiro atoms. The van der Waals surface area contributed by atoms with E-state index in [-0.39, 0.29) is 11.4 Å². The number of pyridine rings is 1. The minimum atomic E-state index is -0.210. The molecule has 0 unspecified atom stereocenters. The second kappa shape index (κ2) is 5.50. The summed E-state index contributed by atoms with van der Waals surface area (Å²) in [7, 11) is 0. The number of imidazole rings is 1. The molecule has 2 rings (SSSR count). The zero-order valence-corrected chi connectivity index (χ0v) is 13.4. The van der Waals surface area contributed by atoms with Crippen LogP contribution in [-0.2, 0) is 4.79 Å². The third-order valence-electron chi connectivity index (χ3n) is 2.14. The van der Waals surface area contributed by atoms with E-state index < -0.39 is 0 Å². The highest BCUT2D eigenvalue weighted by molar-refractivity contribution is 9.10. The average Bonchev–Trinajstić information content (AvgIpc) is 2.66. The lowest BCUT2D eigenvalue weighted by molar-refractivity contribution is -0.119. The lowest BCUT2D eigenvalue weighted by Crippen LogP contribution is -2.41. The van der Waals surface area contributed by atoms with Crippen LogP contribution in [0.25, 0.3) is 11.2 Å². The van der Waals surface area contributed by atoms with Crippen molar-refractivity contribution in [3.8, 4) is 0 Å². The normalized spacial score (nSPS) is 11.8. The maximum Gasteiger partial charge on any atom is 0.230 e. The fraction of sp³-hybridized carbons (Fsp3) is 0.417. The molecular formula is C12H15BrN4OS. The number of carbonyl (C=O) groups excluding carboxylic acids is 1. The number of amides is 1. The monoisotopic (exact) mass is 342 g/mol. The lowest BCUT2D eigenvalue weighted by Gasteiger charge is -2.19. The van der Waals surface area contributed by atoms with Gasteiger partial charge in [-0.1, -0.05) is 11.8 Å². The van der Waals surface area contributed by atoms with Crippen LogP contribution < -0.4 is 5.32 Å². The molecule has 0 bridgehead atoms. The molecule has 0 aromatic carbocycles. The first kappa shape index (κ1) is 14.3. The van der Waals surface area contributed by atoms with E-state index in [1.54, 1.807) is 6.20 Å². The number of aromatic amines is 1. The largest absolute Gasteiger partial charge is 0.351 e. The van der Waals surface area contributed by atoms with Crippen molar-refractivity contribution < 1.29 is 4.79 Å². The van der Waals surface area contributed by atoms with Gasteiger partial charge in [-0.2, -0.15) is 0 Å². The fourth-order valence-electron chi connectivity index (χ4n) is 1.51. The molecule has 0 aliphatic rings. The quantitative estimate of drug-likeness (QED) is 0.841. The highest BCUT2D eigenvalue weighted by Gasteiger charge is 2.14. The van der Waals surface area contributed by atoms with Crippen molar-refractivity contribution in [3.63, 3.8) is 0 Å². The number of halogens is 1. The molecule has 0 radical (unpaired) electrons. The van der Waals surface area contributed by atoms with E-state index in [9.17, 15) is 4.79 Å². The summed E-state index contributed by atoms with van der Waals surface area (Å²) in [6.45, 7) is 5.87. The minimum absolute atomic E-state index is 0.00732. The molecule has 5 nitrogen and oxygen atoms in total.